The van der Waals surface area contributed by atoms with Crippen LogP contribution in [0.2, 0.25) is 0 Å². The van der Waals surface area contributed by atoms with Gasteiger partial charge in [-0.3, -0.25) is 0 Å². The third-order valence-electron chi connectivity index (χ3n) is 2.38. The number of benzene rings is 1. The average Bonchev–Trinajstić information content (AvgIpc) is 2.46. The molecule has 98 valence electrons. The van der Waals surface area contributed by atoms with Gasteiger partial charge in [0.2, 0.25) is 5.88 Å². The van der Waals surface area contributed by atoms with E-state index in [1.807, 2.05) is 6.07 Å². The molecule has 0 atom stereocenters. The SMILES string of the molecule is N#Cc1cccc(Oc2ncccc2/C=C/C(=O)O)c1. The van der Waals surface area contributed by atoms with Crippen LogP contribution in [0.15, 0.2) is 48.7 Å². The zero-order valence-corrected chi connectivity index (χ0v) is 10.4. The van der Waals surface area contributed by atoms with E-state index >= 15 is 0 Å². The number of aliphatic carboxylic acids is 1. The maximum Gasteiger partial charge on any atom is 0.328 e. The predicted octanol–water partition coefficient (Wildman–Crippen LogP) is 2.84. The molecule has 0 bridgehead atoms. The first-order valence-electron chi connectivity index (χ1n) is 5.73. The first-order chi connectivity index (χ1) is 9.69. The number of pyridine rings is 1. The highest BCUT2D eigenvalue weighted by Crippen LogP contribution is 2.24. The van der Waals surface area contributed by atoms with Crippen molar-refractivity contribution in [3.05, 3.63) is 59.8 Å². The highest BCUT2D eigenvalue weighted by Gasteiger charge is 2.04. The maximum atomic E-state index is 10.5. The Hall–Kier alpha value is -3.13. The maximum absolute atomic E-state index is 10.5. The molecule has 1 aromatic heterocycles. The second-order valence-electron chi connectivity index (χ2n) is 3.81. The van der Waals surface area contributed by atoms with Crippen molar-refractivity contribution >= 4 is 12.0 Å². The Morgan fingerprint density at radius 1 is 1.35 bits per heavy atom. The van der Waals surface area contributed by atoms with Crippen LogP contribution in [0.1, 0.15) is 11.1 Å². The number of hydrogen-bond donors (Lipinski definition) is 1. The van der Waals surface area contributed by atoms with Crippen molar-refractivity contribution in [2.45, 2.75) is 0 Å². The summed E-state index contributed by atoms with van der Waals surface area (Å²) in [5.74, 6) is -0.306. The third-order valence-corrected chi connectivity index (χ3v) is 2.38. The topological polar surface area (TPSA) is 83.2 Å². The quantitative estimate of drug-likeness (QED) is 0.860. The molecule has 5 nitrogen and oxygen atoms in total. The van der Waals surface area contributed by atoms with Crippen LogP contribution in [-0.2, 0) is 4.79 Å². The van der Waals surface area contributed by atoms with Gasteiger partial charge >= 0.3 is 5.97 Å². The standard InChI is InChI=1S/C15H10N2O3/c16-10-11-3-1-5-13(9-11)20-15-12(4-2-8-17-15)6-7-14(18)19/h1-9H,(H,18,19)/b7-6+. The van der Waals surface area contributed by atoms with Gasteiger partial charge in [0, 0.05) is 17.8 Å². The van der Waals surface area contributed by atoms with Crippen LogP contribution in [0.4, 0.5) is 0 Å². The van der Waals surface area contributed by atoms with Gasteiger partial charge in [-0.05, 0) is 36.4 Å². The van der Waals surface area contributed by atoms with Crippen molar-refractivity contribution in [3.63, 3.8) is 0 Å². The van der Waals surface area contributed by atoms with Gasteiger partial charge in [-0.2, -0.15) is 5.26 Å². The summed E-state index contributed by atoms with van der Waals surface area (Å²) in [5.41, 5.74) is 1.01. The first kappa shape index (κ1) is 13.3. The van der Waals surface area contributed by atoms with Gasteiger partial charge in [-0.15, -0.1) is 0 Å². The van der Waals surface area contributed by atoms with Gasteiger partial charge in [-0.1, -0.05) is 6.07 Å². The molecular formula is C15H10N2O3. The molecule has 0 saturated carbocycles. The predicted molar refractivity (Wildman–Crippen MR) is 72.1 cm³/mol. The van der Waals surface area contributed by atoms with E-state index in [4.69, 9.17) is 15.1 Å². The summed E-state index contributed by atoms with van der Waals surface area (Å²) in [5, 5.41) is 17.5. The van der Waals surface area contributed by atoms with E-state index in [9.17, 15) is 4.79 Å². The molecule has 1 N–H and O–H groups in total. The summed E-state index contributed by atoms with van der Waals surface area (Å²) in [6.07, 6.45) is 3.95. The molecule has 0 saturated heterocycles. The summed E-state index contributed by atoms with van der Waals surface area (Å²) < 4.78 is 5.58. The summed E-state index contributed by atoms with van der Waals surface area (Å²) in [7, 11) is 0. The summed E-state index contributed by atoms with van der Waals surface area (Å²) in [6.45, 7) is 0. The van der Waals surface area contributed by atoms with Crippen LogP contribution in [0.3, 0.4) is 0 Å². The minimum absolute atomic E-state index is 0.278. The zero-order chi connectivity index (χ0) is 14.4. The fraction of sp³-hybridized carbons (Fsp3) is 0. The van der Waals surface area contributed by atoms with Gasteiger partial charge in [0.15, 0.2) is 0 Å². The Morgan fingerprint density at radius 3 is 2.95 bits per heavy atom. The van der Waals surface area contributed by atoms with Crippen LogP contribution in [0, 0.1) is 11.3 Å². The lowest BCUT2D eigenvalue weighted by Crippen LogP contribution is -1.92. The molecule has 2 aromatic rings. The van der Waals surface area contributed by atoms with E-state index in [-0.39, 0.29) is 5.88 Å². The molecule has 2 rings (SSSR count). The average molecular weight is 266 g/mol. The van der Waals surface area contributed by atoms with Crippen molar-refractivity contribution < 1.29 is 14.6 Å². The number of nitrogens with zero attached hydrogens (tertiary/aromatic N) is 2. The van der Waals surface area contributed by atoms with Crippen molar-refractivity contribution in [2.75, 3.05) is 0 Å². The Kier molecular flexibility index (Phi) is 4.10. The smallest absolute Gasteiger partial charge is 0.328 e. The van der Waals surface area contributed by atoms with E-state index in [1.165, 1.54) is 6.08 Å². The molecular weight excluding hydrogens is 256 g/mol. The van der Waals surface area contributed by atoms with Crippen LogP contribution in [0.5, 0.6) is 11.6 Å². The lowest BCUT2D eigenvalue weighted by molar-refractivity contribution is -0.131. The largest absolute Gasteiger partial charge is 0.478 e. The number of hydrogen-bond acceptors (Lipinski definition) is 4. The Bertz CT molecular complexity index is 702. The van der Waals surface area contributed by atoms with Crippen molar-refractivity contribution in [2.24, 2.45) is 0 Å². The molecule has 1 heterocycles. The van der Waals surface area contributed by atoms with Crippen LogP contribution in [0.25, 0.3) is 6.08 Å². The number of carbonyl (C=O) groups is 1. The van der Waals surface area contributed by atoms with Crippen LogP contribution in [-0.4, -0.2) is 16.1 Å². The number of aromatic nitrogens is 1. The summed E-state index contributed by atoms with van der Waals surface area (Å²) >= 11 is 0. The molecule has 0 aliphatic carbocycles. The van der Waals surface area contributed by atoms with Gasteiger partial charge in [0.1, 0.15) is 5.75 Å². The second kappa shape index (κ2) is 6.16. The Balaban J connectivity index is 2.29. The van der Waals surface area contributed by atoms with Crippen molar-refractivity contribution in [1.29, 1.82) is 5.26 Å². The molecule has 0 fully saturated rings. The molecule has 0 unspecified atom stereocenters. The normalized spacial score (nSPS) is 10.2. The minimum Gasteiger partial charge on any atom is -0.478 e. The van der Waals surface area contributed by atoms with E-state index in [0.29, 0.717) is 16.9 Å². The molecule has 0 radical (unpaired) electrons. The number of carboxylic acid groups (broad SMARTS) is 1. The molecule has 1 aromatic carbocycles. The fourth-order valence-corrected chi connectivity index (χ4v) is 1.52. The lowest BCUT2D eigenvalue weighted by atomic mass is 10.2. The highest BCUT2D eigenvalue weighted by atomic mass is 16.5. The number of nitriles is 1. The highest BCUT2D eigenvalue weighted by molar-refractivity contribution is 5.85. The Labute approximate surface area is 115 Å². The Morgan fingerprint density at radius 2 is 2.20 bits per heavy atom. The number of rotatable bonds is 4. The van der Waals surface area contributed by atoms with Gasteiger partial charge in [0.05, 0.1) is 11.6 Å². The zero-order valence-electron chi connectivity index (χ0n) is 10.4. The molecule has 0 aliphatic heterocycles. The van der Waals surface area contributed by atoms with Crippen molar-refractivity contribution in [1.82, 2.24) is 4.98 Å². The van der Waals surface area contributed by atoms with Gasteiger partial charge in [0.25, 0.3) is 0 Å². The van der Waals surface area contributed by atoms with E-state index in [0.717, 1.165) is 6.08 Å². The monoisotopic (exact) mass is 266 g/mol. The summed E-state index contributed by atoms with van der Waals surface area (Å²) in [6, 6.07) is 12.0. The van der Waals surface area contributed by atoms with Crippen LogP contribution >= 0.6 is 0 Å². The van der Waals surface area contributed by atoms with E-state index in [1.54, 1.807) is 42.6 Å². The molecule has 0 spiro atoms. The number of carboxylic acids is 1. The van der Waals surface area contributed by atoms with Gasteiger partial charge < -0.3 is 9.84 Å². The first-order valence-corrected chi connectivity index (χ1v) is 5.73. The summed E-state index contributed by atoms with van der Waals surface area (Å²) in [4.78, 5) is 14.6. The molecule has 5 heteroatoms. The molecule has 20 heavy (non-hydrogen) atoms. The van der Waals surface area contributed by atoms with E-state index < -0.39 is 5.97 Å². The lowest BCUT2D eigenvalue weighted by Gasteiger charge is -2.07. The minimum atomic E-state index is -1.05. The van der Waals surface area contributed by atoms with Gasteiger partial charge in [-0.25, -0.2) is 9.78 Å². The molecule has 0 amide bonds. The molecule has 0 aliphatic rings. The van der Waals surface area contributed by atoms with Crippen LogP contribution < -0.4 is 4.74 Å². The van der Waals surface area contributed by atoms with Crippen molar-refractivity contribution in [3.8, 4) is 17.7 Å². The third kappa shape index (κ3) is 3.43. The fourth-order valence-electron chi connectivity index (χ4n) is 1.52. The van der Waals surface area contributed by atoms with E-state index in [2.05, 4.69) is 4.98 Å². The number of ether oxygens (including phenoxy) is 1. The second-order valence-corrected chi connectivity index (χ2v) is 3.81.